The van der Waals surface area contributed by atoms with E-state index < -0.39 is 12.7 Å². The maximum absolute atomic E-state index is 11.9. The first-order valence-electron chi connectivity index (χ1n) is 13.3. The fraction of sp³-hybridized carbons (Fsp3) is 0.323. The first-order valence-corrected chi connectivity index (χ1v) is 13.3. The third kappa shape index (κ3) is 4.92. The molecular weight excluding hydrogens is 478 g/mol. The van der Waals surface area contributed by atoms with Crippen LogP contribution in [0.2, 0.25) is 0 Å². The van der Waals surface area contributed by atoms with Gasteiger partial charge in [-0.1, -0.05) is 48.6 Å². The second-order valence-corrected chi connectivity index (χ2v) is 10.3. The molecule has 1 fully saturated rings. The number of benzene rings is 3. The van der Waals surface area contributed by atoms with Crippen LogP contribution in [0.3, 0.4) is 0 Å². The topological polar surface area (TPSA) is 89.0 Å². The fourth-order valence-corrected chi connectivity index (χ4v) is 5.84. The van der Waals surface area contributed by atoms with Crippen molar-refractivity contribution in [2.75, 3.05) is 37.7 Å². The largest absolute Gasteiger partial charge is 0.490 e. The number of aliphatic hydroxyl groups excluding tert-OH is 2. The molecule has 0 aliphatic carbocycles. The number of H-pyrrole nitrogens is 1. The number of fused-ring (bicyclic) bond motifs is 6. The van der Waals surface area contributed by atoms with Crippen molar-refractivity contribution in [3.05, 3.63) is 84.6 Å². The molecule has 3 N–H and O–H groups in total. The monoisotopic (exact) mass is 511 g/mol. The summed E-state index contributed by atoms with van der Waals surface area (Å²) in [6.07, 6.45) is 5.86. The van der Waals surface area contributed by atoms with Crippen LogP contribution in [0.15, 0.2) is 78.9 Å². The van der Waals surface area contributed by atoms with E-state index in [4.69, 9.17) is 4.74 Å². The van der Waals surface area contributed by atoms with E-state index in [1.165, 1.54) is 16.5 Å². The zero-order chi connectivity index (χ0) is 26.1. The number of anilines is 1. The van der Waals surface area contributed by atoms with Gasteiger partial charge in [0.25, 0.3) is 0 Å². The first-order chi connectivity index (χ1) is 18.6. The van der Waals surface area contributed by atoms with Gasteiger partial charge in [-0.05, 0) is 53.9 Å². The molecule has 4 aromatic rings. The van der Waals surface area contributed by atoms with Crippen molar-refractivity contribution in [1.82, 2.24) is 9.88 Å². The number of nitrogens with zero attached hydrogens (tertiary/aromatic N) is 2. The summed E-state index contributed by atoms with van der Waals surface area (Å²) in [5.74, 6) is 0.237. The lowest BCUT2D eigenvalue weighted by Crippen LogP contribution is -2.60. The molecule has 0 amide bonds. The van der Waals surface area contributed by atoms with Crippen molar-refractivity contribution in [2.45, 2.75) is 31.0 Å². The molecule has 1 aromatic heterocycles. The van der Waals surface area contributed by atoms with Crippen LogP contribution in [-0.2, 0) is 0 Å². The number of rotatable bonds is 8. The van der Waals surface area contributed by atoms with Crippen LogP contribution < -0.4 is 9.64 Å². The Balaban J connectivity index is 1.13. The van der Waals surface area contributed by atoms with Crippen LogP contribution >= 0.6 is 0 Å². The highest BCUT2D eigenvalue weighted by atomic mass is 16.5. The SMILES string of the molecule is O=C(CO)c1cc2c(OC[C@@H](O)CN3C[C@@H]4CC=CC[C@H]3CN4c3ccc4ccccc4c3)cccc2[nH]1. The van der Waals surface area contributed by atoms with Gasteiger partial charge in [0.15, 0.2) is 0 Å². The standard InChI is InChI=1S/C31H33N3O4/c35-19-30(37)29-15-27-28(32-29)10-5-11-31(27)38-20-26(36)18-33-16-25-9-4-3-8-24(33)17-34(25)23-13-12-21-6-1-2-7-22(21)14-23/h1-7,10-15,24-26,32,35-36H,8-9,16-20H2/t24-,25-,26-/m0/s1. The van der Waals surface area contributed by atoms with E-state index in [0.717, 1.165) is 36.8 Å². The quantitative estimate of drug-likeness (QED) is 0.243. The van der Waals surface area contributed by atoms with E-state index >= 15 is 0 Å². The van der Waals surface area contributed by atoms with Gasteiger partial charge in [-0.2, -0.15) is 0 Å². The van der Waals surface area contributed by atoms with E-state index in [2.05, 4.69) is 69.4 Å². The van der Waals surface area contributed by atoms with Crippen molar-refractivity contribution in [3.63, 3.8) is 0 Å². The van der Waals surface area contributed by atoms with E-state index in [1.807, 2.05) is 18.2 Å². The molecule has 0 unspecified atom stereocenters. The summed E-state index contributed by atoms with van der Waals surface area (Å²) in [5.41, 5.74) is 2.37. The smallest absolute Gasteiger partial charge is 0.204 e. The van der Waals surface area contributed by atoms with Crippen LogP contribution in [0.5, 0.6) is 5.75 Å². The van der Waals surface area contributed by atoms with Crippen molar-refractivity contribution in [1.29, 1.82) is 0 Å². The molecule has 196 valence electrons. The summed E-state index contributed by atoms with van der Waals surface area (Å²) < 4.78 is 6.02. The van der Waals surface area contributed by atoms with Crippen molar-refractivity contribution in [2.24, 2.45) is 0 Å². The number of carbonyl (C=O) groups excluding carboxylic acids is 1. The number of hydrogen-bond donors (Lipinski definition) is 3. The molecule has 7 rings (SSSR count). The van der Waals surface area contributed by atoms with Gasteiger partial charge in [-0.25, -0.2) is 0 Å². The molecule has 0 radical (unpaired) electrons. The van der Waals surface area contributed by atoms with Gasteiger partial charge in [-0.15, -0.1) is 0 Å². The minimum atomic E-state index is -0.651. The Morgan fingerprint density at radius 3 is 2.63 bits per heavy atom. The second kappa shape index (κ2) is 10.6. The average Bonchev–Trinajstić information content (AvgIpc) is 3.37. The number of carbonyl (C=O) groups is 1. The Morgan fingerprint density at radius 1 is 0.974 bits per heavy atom. The lowest BCUT2D eigenvalue weighted by Gasteiger charge is -2.48. The normalized spacial score (nSPS) is 20.5. The van der Waals surface area contributed by atoms with Crippen LogP contribution in [0.25, 0.3) is 21.7 Å². The minimum absolute atomic E-state index is 0.158. The summed E-state index contributed by atoms with van der Waals surface area (Å²) in [5, 5.41) is 23.4. The van der Waals surface area contributed by atoms with E-state index in [0.29, 0.717) is 30.1 Å². The molecule has 7 heteroatoms. The number of hydrogen-bond acceptors (Lipinski definition) is 6. The number of aromatic amines is 1. The van der Waals surface area contributed by atoms with Crippen molar-refractivity contribution >= 4 is 33.1 Å². The van der Waals surface area contributed by atoms with Gasteiger partial charge in [0, 0.05) is 48.3 Å². The Bertz CT molecular complexity index is 1480. The zero-order valence-corrected chi connectivity index (χ0v) is 21.3. The molecule has 3 aliphatic heterocycles. The molecule has 3 atom stereocenters. The van der Waals surface area contributed by atoms with Crippen molar-refractivity contribution < 1.29 is 19.7 Å². The maximum Gasteiger partial charge on any atom is 0.204 e. The molecule has 1 saturated heterocycles. The van der Waals surface area contributed by atoms with Gasteiger partial charge in [0.1, 0.15) is 25.1 Å². The molecule has 38 heavy (non-hydrogen) atoms. The predicted molar refractivity (Wildman–Crippen MR) is 150 cm³/mol. The summed E-state index contributed by atoms with van der Waals surface area (Å²) in [6.45, 7) is 1.96. The molecular formula is C31H33N3O4. The Morgan fingerprint density at radius 2 is 1.79 bits per heavy atom. The third-order valence-corrected chi connectivity index (χ3v) is 7.80. The van der Waals surface area contributed by atoms with Crippen LogP contribution in [0.4, 0.5) is 5.69 Å². The molecule has 4 heterocycles. The third-order valence-electron chi connectivity index (χ3n) is 7.80. The fourth-order valence-electron chi connectivity index (χ4n) is 5.84. The van der Waals surface area contributed by atoms with Crippen LogP contribution in [0.1, 0.15) is 23.3 Å². The zero-order valence-electron chi connectivity index (χ0n) is 21.3. The van der Waals surface area contributed by atoms with E-state index in [9.17, 15) is 15.0 Å². The number of ketones is 1. The summed E-state index contributed by atoms with van der Waals surface area (Å²) in [7, 11) is 0. The Labute approximate surface area is 221 Å². The Hall–Kier alpha value is -3.65. The van der Waals surface area contributed by atoms with Crippen molar-refractivity contribution in [3.8, 4) is 5.75 Å². The van der Waals surface area contributed by atoms with Gasteiger partial charge in [-0.3, -0.25) is 9.69 Å². The van der Waals surface area contributed by atoms with Crippen LogP contribution in [-0.4, -0.2) is 76.9 Å². The number of aliphatic hydroxyl groups is 2. The number of aromatic nitrogens is 1. The number of piperazine rings is 1. The predicted octanol–water partition coefficient (Wildman–Crippen LogP) is 4.15. The minimum Gasteiger partial charge on any atom is -0.490 e. The number of ether oxygens (including phenoxy) is 1. The van der Waals surface area contributed by atoms with E-state index in [1.54, 1.807) is 6.07 Å². The highest BCUT2D eigenvalue weighted by Crippen LogP contribution is 2.31. The number of nitrogens with one attached hydrogen (secondary N) is 1. The van der Waals surface area contributed by atoms with Gasteiger partial charge in [0.05, 0.1) is 5.69 Å². The van der Waals surface area contributed by atoms with Crippen LogP contribution in [0, 0.1) is 0 Å². The summed E-state index contributed by atoms with van der Waals surface area (Å²) >= 11 is 0. The molecule has 0 spiro atoms. The average molecular weight is 512 g/mol. The maximum atomic E-state index is 11.9. The summed E-state index contributed by atoms with van der Waals surface area (Å²) in [4.78, 5) is 19.9. The molecule has 3 aliphatic rings. The van der Waals surface area contributed by atoms with Gasteiger partial charge in [0.2, 0.25) is 5.78 Å². The molecule has 2 bridgehead atoms. The highest BCUT2D eigenvalue weighted by molar-refractivity contribution is 6.01. The molecule has 0 saturated carbocycles. The molecule has 7 nitrogen and oxygen atoms in total. The van der Waals surface area contributed by atoms with Gasteiger partial charge >= 0.3 is 0 Å². The highest BCUT2D eigenvalue weighted by Gasteiger charge is 2.35. The lowest BCUT2D eigenvalue weighted by molar-refractivity contribution is 0.0409. The molecule has 3 aromatic carbocycles. The van der Waals surface area contributed by atoms with E-state index in [-0.39, 0.29) is 12.4 Å². The first kappa shape index (κ1) is 24.7. The second-order valence-electron chi connectivity index (χ2n) is 10.3. The summed E-state index contributed by atoms with van der Waals surface area (Å²) in [6, 6.07) is 23.1. The number of Topliss-reactive ketones (excluding diaryl/α,β-unsaturated/α-hetero) is 1. The Kier molecular flexibility index (Phi) is 6.89. The lowest BCUT2D eigenvalue weighted by atomic mass is 9.96. The van der Waals surface area contributed by atoms with Gasteiger partial charge < -0.3 is 24.8 Å².